The van der Waals surface area contributed by atoms with Crippen molar-refractivity contribution in [2.75, 3.05) is 24.8 Å². The zero-order valence-electron chi connectivity index (χ0n) is 12.8. The van der Waals surface area contributed by atoms with Crippen LogP contribution in [0.15, 0.2) is 48.5 Å². The van der Waals surface area contributed by atoms with E-state index in [1.807, 2.05) is 30.3 Å². The number of hydrogen-bond donors (Lipinski definition) is 0. The van der Waals surface area contributed by atoms with E-state index in [4.69, 9.17) is 9.47 Å². The minimum Gasteiger partial charge on any atom is -0.497 e. The molecule has 0 fully saturated rings. The quantitative estimate of drug-likeness (QED) is 0.821. The summed E-state index contributed by atoms with van der Waals surface area (Å²) >= 11 is 0. The summed E-state index contributed by atoms with van der Waals surface area (Å²) in [6, 6.07) is 14.5. The summed E-state index contributed by atoms with van der Waals surface area (Å²) in [5.41, 5.74) is 1.34. The molecule has 0 aliphatic heterocycles. The lowest BCUT2D eigenvalue weighted by Gasteiger charge is -2.24. The van der Waals surface area contributed by atoms with Crippen LogP contribution in [0.2, 0.25) is 0 Å². The number of ether oxygens (including phenoxy) is 2. The van der Waals surface area contributed by atoms with E-state index in [0.717, 1.165) is 5.56 Å². The molecule has 2 aromatic rings. The van der Waals surface area contributed by atoms with E-state index >= 15 is 0 Å². The third-order valence-corrected chi connectivity index (χ3v) is 4.35. The highest BCUT2D eigenvalue weighted by Gasteiger charge is 2.22. The van der Waals surface area contributed by atoms with Crippen LogP contribution in [0.5, 0.6) is 11.5 Å². The van der Waals surface area contributed by atoms with Crippen LogP contribution < -0.4 is 13.8 Å². The van der Waals surface area contributed by atoms with Crippen LogP contribution in [0, 0.1) is 0 Å². The van der Waals surface area contributed by atoms with Gasteiger partial charge in [-0.1, -0.05) is 30.3 Å². The first-order valence-electron chi connectivity index (χ1n) is 6.69. The van der Waals surface area contributed by atoms with Gasteiger partial charge in [0, 0.05) is 6.07 Å². The van der Waals surface area contributed by atoms with Crippen molar-refractivity contribution in [1.82, 2.24) is 0 Å². The van der Waals surface area contributed by atoms with Crippen LogP contribution >= 0.6 is 0 Å². The van der Waals surface area contributed by atoms with Crippen molar-refractivity contribution >= 4 is 15.7 Å². The molecule has 0 aliphatic carbocycles. The number of nitrogens with zero attached hydrogens (tertiary/aromatic N) is 1. The highest BCUT2D eigenvalue weighted by molar-refractivity contribution is 7.92. The maximum Gasteiger partial charge on any atom is 0.232 e. The van der Waals surface area contributed by atoms with Crippen LogP contribution in [-0.4, -0.2) is 28.9 Å². The van der Waals surface area contributed by atoms with Crippen LogP contribution in [0.3, 0.4) is 0 Å². The Hall–Kier alpha value is -2.21. The maximum absolute atomic E-state index is 12.2. The molecule has 118 valence electrons. The summed E-state index contributed by atoms with van der Waals surface area (Å²) in [7, 11) is -0.432. The zero-order valence-corrected chi connectivity index (χ0v) is 13.6. The molecule has 0 bridgehead atoms. The number of anilines is 1. The van der Waals surface area contributed by atoms with Crippen LogP contribution in [-0.2, 0) is 16.6 Å². The average molecular weight is 321 g/mol. The molecule has 5 nitrogen and oxygen atoms in total. The summed E-state index contributed by atoms with van der Waals surface area (Å²) in [5.74, 6) is 1.04. The molecule has 0 aliphatic rings. The lowest BCUT2D eigenvalue weighted by molar-refractivity contribution is 0.403. The van der Waals surface area contributed by atoms with E-state index in [0.29, 0.717) is 17.2 Å². The molecule has 22 heavy (non-hydrogen) atoms. The predicted molar refractivity (Wildman–Crippen MR) is 87.0 cm³/mol. The molecule has 0 spiro atoms. The zero-order chi connectivity index (χ0) is 16.2. The van der Waals surface area contributed by atoms with Crippen molar-refractivity contribution in [3.8, 4) is 11.5 Å². The molecule has 0 atom stereocenters. The van der Waals surface area contributed by atoms with E-state index in [1.165, 1.54) is 24.8 Å². The van der Waals surface area contributed by atoms with E-state index in [1.54, 1.807) is 18.2 Å². The van der Waals surface area contributed by atoms with Gasteiger partial charge < -0.3 is 9.47 Å². The molecule has 0 saturated heterocycles. The van der Waals surface area contributed by atoms with Crippen LogP contribution in [0.1, 0.15) is 5.56 Å². The first kappa shape index (κ1) is 16.2. The fourth-order valence-electron chi connectivity index (χ4n) is 2.12. The smallest absolute Gasteiger partial charge is 0.232 e. The van der Waals surface area contributed by atoms with Gasteiger partial charge in [0.25, 0.3) is 0 Å². The van der Waals surface area contributed by atoms with E-state index in [2.05, 4.69) is 0 Å². The first-order valence-corrected chi connectivity index (χ1v) is 8.54. The van der Waals surface area contributed by atoms with Gasteiger partial charge in [0.2, 0.25) is 10.0 Å². The van der Waals surface area contributed by atoms with Gasteiger partial charge in [-0.25, -0.2) is 8.42 Å². The molecule has 2 aromatic carbocycles. The third-order valence-electron chi connectivity index (χ3n) is 3.22. The molecule has 0 heterocycles. The number of hydrogen-bond acceptors (Lipinski definition) is 4. The third kappa shape index (κ3) is 3.71. The Kier molecular flexibility index (Phi) is 4.92. The molecular weight excluding hydrogens is 302 g/mol. The Bertz CT molecular complexity index is 729. The van der Waals surface area contributed by atoms with E-state index in [9.17, 15) is 8.42 Å². The van der Waals surface area contributed by atoms with Crippen molar-refractivity contribution in [1.29, 1.82) is 0 Å². The summed E-state index contributed by atoms with van der Waals surface area (Å²) in [4.78, 5) is 0. The number of rotatable bonds is 6. The minimum atomic E-state index is -3.48. The van der Waals surface area contributed by atoms with Crippen molar-refractivity contribution in [2.24, 2.45) is 0 Å². The van der Waals surface area contributed by atoms with Gasteiger partial charge in [-0.2, -0.15) is 0 Å². The van der Waals surface area contributed by atoms with Gasteiger partial charge in [-0.15, -0.1) is 0 Å². The molecule has 0 amide bonds. The average Bonchev–Trinajstić information content (AvgIpc) is 2.52. The molecule has 6 heteroatoms. The fourth-order valence-corrected chi connectivity index (χ4v) is 3.01. The normalized spacial score (nSPS) is 11.0. The molecule has 0 radical (unpaired) electrons. The molecule has 0 unspecified atom stereocenters. The molecular formula is C16H19NO4S. The van der Waals surface area contributed by atoms with E-state index < -0.39 is 10.0 Å². The topological polar surface area (TPSA) is 55.8 Å². The van der Waals surface area contributed by atoms with E-state index in [-0.39, 0.29) is 6.54 Å². The Balaban J connectivity index is 2.50. The molecule has 0 aromatic heterocycles. The summed E-state index contributed by atoms with van der Waals surface area (Å²) in [6.07, 6.45) is 1.18. The van der Waals surface area contributed by atoms with Crippen molar-refractivity contribution in [3.63, 3.8) is 0 Å². The van der Waals surface area contributed by atoms with Gasteiger partial charge in [0.15, 0.2) is 0 Å². The van der Waals surface area contributed by atoms with Gasteiger partial charge >= 0.3 is 0 Å². The second-order valence-corrected chi connectivity index (χ2v) is 6.70. The first-order chi connectivity index (χ1) is 10.5. The number of benzene rings is 2. The number of methoxy groups -OCH3 is 2. The summed E-state index contributed by atoms with van der Waals surface area (Å²) < 4.78 is 36.3. The summed E-state index contributed by atoms with van der Waals surface area (Å²) in [6.45, 7) is 0.225. The van der Waals surface area contributed by atoms with Crippen molar-refractivity contribution in [3.05, 3.63) is 54.1 Å². The summed E-state index contributed by atoms with van der Waals surface area (Å²) in [5, 5.41) is 0. The Morgan fingerprint density at radius 3 is 2.23 bits per heavy atom. The van der Waals surface area contributed by atoms with Gasteiger partial charge in [0.05, 0.1) is 32.7 Å². The second-order valence-electron chi connectivity index (χ2n) is 4.79. The lowest BCUT2D eigenvalue weighted by atomic mass is 10.2. The van der Waals surface area contributed by atoms with Crippen molar-refractivity contribution in [2.45, 2.75) is 6.54 Å². The predicted octanol–water partition coefficient (Wildman–Crippen LogP) is 2.67. The standard InChI is InChI=1S/C16H19NO4S/c1-20-14-9-10-16(21-2)15(11-14)17(22(3,18)19)12-13-7-5-4-6-8-13/h4-11H,12H2,1-3H3. The monoisotopic (exact) mass is 321 g/mol. The van der Waals surface area contributed by atoms with Crippen molar-refractivity contribution < 1.29 is 17.9 Å². The Morgan fingerprint density at radius 2 is 1.68 bits per heavy atom. The van der Waals surface area contributed by atoms with Gasteiger partial charge in [-0.3, -0.25) is 4.31 Å². The van der Waals surface area contributed by atoms with Crippen LogP contribution in [0.4, 0.5) is 5.69 Å². The lowest BCUT2D eigenvalue weighted by Crippen LogP contribution is -2.29. The van der Waals surface area contributed by atoms with Crippen LogP contribution in [0.25, 0.3) is 0 Å². The maximum atomic E-state index is 12.2. The van der Waals surface area contributed by atoms with Gasteiger partial charge in [-0.05, 0) is 17.7 Å². The minimum absolute atomic E-state index is 0.225. The highest BCUT2D eigenvalue weighted by Crippen LogP contribution is 2.34. The fraction of sp³-hybridized carbons (Fsp3) is 0.250. The molecule has 2 rings (SSSR count). The second kappa shape index (κ2) is 6.70. The molecule has 0 saturated carbocycles. The number of sulfonamides is 1. The SMILES string of the molecule is COc1ccc(OC)c(N(Cc2ccccc2)S(C)(=O)=O)c1. The highest BCUT2D eigenvalue weighted by atomic mass is 32.2. The Labute approximate surface area is 131 Å². The Morgan fingerprint density at radius 1 is 1.00 bits per heavy atom. The largest absolute Gasteiger partial charge is 0.497 e. The molecule has 0 N–H and O–H groups in total. The van der Waals surface area contributed by atoms with Gasteiger partial charge in [0.1, 0.15) is 11.5 Å².